The van der Waals surface area contributed by atoms with Crippen LogP contribution in [-0.2, 0) is 4.79 Å². The van der Waals surface area contributed by atoms with Crippen LogP contribution in [0.15, 0.2) is 42.7 Å². The standard InChI is InChI=1S/C22H22N4O/c23-12-14-13-24-10-7-18(14)25-19-5-6-20(16-4-2-1-3-15(16)19)26-21(27)17-11-22(17)8-9-22/h1-4,7,10,13,17,19-20H,5-6,8-9,11H2,(H,24,25)(H,26,27). The lowest BCUT2D eigenvalue weighted by Gasteiger charge is -2.33. The van der Waals surface area contributed by atoms with Crippen molar-refractivity contribution >= 4 is 11.6 Å². The van der Waals surface area contributed by atoms with Crippen LogP contribution >= 0.6 is 0 Å². The predicted octanol–water partition coefficient (Wildman–Crippen LogP) is 3.86. The van der Waals surface area contributed by atoms with Crippen molar-refractivity contribution in [2.45, 2.75) is 44.2 Å². The number of fused-ring (bicyclic) bond motifs is 1. The van der Waals surface area contributed by atoms with Gasteiger partial charge in [0, 0.05) is 18.3 Å². The SMILES string of the molecule is N#Cc1cnccc1NC1CCC(NC(=O)C2CC23CC3)c2ccccc21. The average molecular weight is 358 g/mol. The fourth-order valence-electron chi connectivity index (χ4n) is 4.59. The third kappa shape index (κ3) is 2.86. The fraction of sp³-hybridized carbons (Fsp3) is 0.409. The first-order valence-electron chi connectivity index (χ1n) is 9.70. The Labute approximate surface area is 158 Å². The number of hydrogen-bond acceptors (Lipinski definition) is 4. The molecule has 1 spiro atoms. The van der Waals surface area contributed by atoms with E-state index in [9.17, 15) is 10.1 Å². The number of benzene rings is 1. The quantitative estimate of drug-likeness (QED) is 0.870. The van der Waals surface area contributed by atoms with Gasteiger partial charge in [-0.15, -0.1) is 0 Å². The van der Waals surface area contributed by atoms with Gasteiger partial charge in [0.15, 0.2) is 0 Å². The lowest BCUT2D eigenvalue weighted by molar-refractivity contribution is -0.123. The highest BCUT2D eigenvalue weighted by atomic mass is 16.2. The number of carbonyl (C=O) groups excluding carboxylic acids is 1. The number of nitriles is 1. The molecule has 0 aliphatic heterocycles. The number of aromatic nitrogens is 1. The smallest absolute Gasteiger partial charge is 0.224 e. The number of pyridine rings is 1. The lowest BCUT2D eigenvalue weighted by Crippen LogP contribution is -2.34. The Kier molecular flexibility index (Phi) is 3.68. The van der Waals surface area contributed by atoms with Crippen LogP contribution in [0.5, 0.6) is 0 Å². The minimum atomic E-state index is 0.0797. The van der Waals surface area contributed by atoms with Gasteiger partial charge in [0.1, 0.15) is 6.07 Å². The van der Waals surface area contributed by atoms with Crippen LogP contribution in [0.2, 0.25) is 0 Å². The van der Waals surface area contributed by atoms with E-state index in [0.717, 1.165) is 24.9 Å². The Hall–Kier alpha value is -2.87. The van der Waals surface area contributed by atoms with E-state index in [1.54, 1.807) is 12.4 Å². The van der Waals surface area contributed by atoms with E-state index in [4.69, 9.17) is 0 Å². The number of hydrogen-bond donors (Lipinski definition) is 2. The van der Waals surface area contributed by atoms with E-state index in [2.05, 4.69) is 33.8 Å². The van der Waals surface area contributed by atoms with E-state index in [0.29, 0.717) is 11.0 Å². The molecule has 1 aromatic heterocycles. The fourth-order valence-corrected chi connectivity index (χ4v) is 4.59. The average Bonchev–Trinajstić information content (AvgIpc) is 3.63. The summed E-state index contributed by atoms with van der Waals surface area (Å²) in [6.07, 6.45) is 8.62. The second-order valence-corrected chi connectivity index (χ2v) is 8.12. The van der Waals surface area contributed by atoms with Crippen molar-refractivity contribution in [3.05, 3.63) is 59.4 Å². The Bertz CT molecular complexity index is 943. The molecule has 3 aliphatic rings. The molecule has 5 heteroatoms. The molecule has 27 heavy (non-hydrogen) atoms. The number of nitrogens with one attached hydrogen (secondary N) is 2. The molecule has 1 heterocycles. The highest BCUT2D eigenvalue weighted by Gasteiger charge is 2.65. The first-order chi connectivity index (χ1) is 13.2. The Morgan fingerprint density at radius 1 is 1.15 bits per heavy atom. The summed E-state index contributed by atoms with van der Waals surface area (Å²) in [7, 11) is 0. The topological polar surface area (TPSA) is 77.8 Å². The Balaban J connectivity index is 1.36. The van der Waals surface area contributed by atoms with E-state index < -0.39 is 0 Å². The zero-order valence-corrected chi connectivity index (χ0v) is 15.1. The minimum absolute atomic E-state index is 0.0797. The van der Waals surface area contributed by atoms with Crippen LogP contribution in [0.3, 0.4) is 0 Å². The summed E-state index contributed by atoms with van der Waals surface area (Å²) in [5.74, 6) is 0.482. The molecule has 5 rings (SSSR count). The summed E-state index contributed by atoms with van der Waals surface area (Å²) in [5.41, 5.74) is 4.13. The molecule has 1 amide bonds. The summed E-state index contributed by atoms with van der Waals surface area (Å²) in [6.45, 7) is 0. The van der Waals surface area contributed by atoms with Crippen molar-refractivity contribution < 1.29 is 4.79 Å². The maximum Gasteiger partial charge on any atom is 0.224 e. The zero-order valence-electron chi connectivity index (χ0n) is 15.1. The van der Waals surface area contributed by atoms with E-state index in [1.165, 1.54) is 24.0 Å². The zero-order chi connectivity index (χ0) is 18.4. The van der Waals surface area contributed by atoms with Crippen LogP contribution in [0.25, 0.3) is 0 Å². The van der Waals surface area contributed by atoms with Crippen molar-refractivity contribution in [1.82, 2.24) is 10.3 Å². The van der Waals surface area contributed by atoms with E-state index in [-0.39, 0.29) is 23.9 Å². The summed E-state index contributed by atoms with van der Waals surface area (Å²) in [5, 5.41) is 16.1. The maximum atomic E-state index is 12.6. The van der Waals surface area contributed by atoms with Crippen LogP contribution in [0, 0.1) is 22.7 Å². The van der Waals surface area contributed by atoms with E-state index in [1.807, 2.05) is 18.2 Å². The lowest BCUT2D eigenvalue weighted by atomic mass is 9.84. The molecule has 3 aliphatic carbocycles. The number of rotatable bonds is 4. The molecule has 2 aromatic rings. The minimum Gasteiger partial charge on any atom is -0.377 e. The highest BCUT2D eigenvalue weighted by Crippen LogP contribution is 2.70. The van der Waals surface area contributed by atoms with Crippen molar-refractivity contribution in [3.8, 4) is 6.07 Å². The molecule has 1 aromatic carbocycles. The maximum absolute atomic E-state index is 12.6. The number of anilines is 1. The largest absolute Gasteiger partial charge is 0.377 e. The van der Waals surface area contributed by atoms with Crippen LogP contribution in [-0.4, -0.2) is 10.9 Å². The molecular formula is C22H22N4O. The summed E-state index contributed by atoms with van der Waals surface area (Å²) in [6, 6.07) is 12.6. The number of nitrogens with zero attached hydrogens (tertiary/aromatic N) is 2. The van der Waals surface area contributed by atoms with Crippen LogP contribution < -0.4 is 10.6 Å². The first-order valence-corrected chi connectivity index (χ1v) is 9.70. The molecular weight excluding hydrogens is 336 g/mol. The normalized spacial score (nSPS) is 26.6. The van der Waals surface area contributed by atoms with Crippen LogP contribution in [0.4, 0.5) is 5.69 Å². The van der Waals surface area contributed by atoms with Gasteiger partial charge >= 0.3 is 0 Å². The summed E-state index contributed by atoms with van der Waals surface area (Å²) in [4.78, 5) is 16.7. The molecule has 136 valence electrons. The second kappa shape index (κ2) is 6.09. The monoisotopic (exact) mass is 358 g/mol. The van der Waals surface area contributed by atoms with Crippen molar-refractivity contribution in [3.63, 3.8) is 0 Å². The Morgan fingerprint density at radius 3 is 2.59 bits per heavy atom. The van der Waals surface area contributed by atoms with Gasteiger partial charge in [0.25, 0.3) is 0 Å². The number of amides is 1. The number of carbonyl (C=O) groups is 1. The van der Waals surface area contributed by atoms with Gasteiger partial charge in [0.05, 0.1) is 23.3 Å². The third-order valence-electron chi connectivity index (χ3n) is 6.48. The van der Waals surface area contributed by atoms with Crippen molar-refractivity contribution in [2.24, 2.45) is 11.3 Å². The molecule has 2 fully saturated rings. The molecule has 3 unspecified atom stereocenters. The first kappa shape index (κ1) is 16.3. The third-order valence-corrected chi connectivity index (χ3v) is 6.48. The van der Waals surface area contributed by atoms with Gasteiger partial charge in [-0.05, 0) is 54.7 Å². The van der Waals surface area contributed by atoms with Crippen molar-refractivity contribution in [2.75, 3.05) is 5.32 Å². The highest BCUT2D eigenvalue weighted by molar-refractivity contribution is 5.83. The molecule has 2 saturated carbocycles. The van der Waals surface area contributed by atoms with Crippen LogP contribution in [0.1, 0.15) is 60.9 Å². The molecule has 2 N–H and O–H groups in total. The van der Waals surface area contributed by atoms with Crippen molar-refractivity contribution in [1.29, 1.82) is 5.26 Å². The molecule has 0 radical (unpaired) electrons. The summed E-state index contributed by atoms with van der Waals surface area (Å²) >= 11 is 0. The Morgan fingerprint density at radius 2 is 1.89 bits per heavy atom. The summed E-state index contributed by atoms with van der Waals surface area (Å²) < 4.78 is 0. The molecule has 0 bridgehead atoms. The van der Waals surface area contributed by atoms with Gasteiger partial charge in [-0.1, -0.05) is 24.3 Å². The predicted molar refractivity (Wildman–Crippen MR) is 102 cm³/mol. The molecule has 5 nitrogen and oxygen atoms in total. The van der Waals surface area contributed by atoms with E-state index >= 15 is 0 Å². The molecule has 3 atom stereocenters. The van der Waals surface area contributed by atoms with Gasteiger partial charge in [0.2, 0.25) is 5.91 Å². The van der Waals surface area contributed by atoms with Gasteiger partial charge in [-0.2, -0.15) is 5.26 Å². The van der Waals surface area contributed by atoms with Gasteiger partial charge in [-0.25, -0.2) is 0 Å². The second-order valence-electron chi connectivity index (χ2n) is 8.12. The van der Waals surface area contributed by atoms with Gasteiger partial charge in [-0.3, -0.25) is 9.78 Å². The molecule has 0 saturated heterocycles. The van der Waals surface area contributed by atoms with Gasteiger partial charge < -0.3 is 10.6 Å².